The summed E-state index contributed by atoms with van der Waals surface area (Å²) in [4.78, 5) is 10.9. The van der Waals surface area contributed by atoms with E-state index in [1.165, 1.54) is 0 Å². The molecule has 176 valence electrons. The molecule has 0 aromatic heterocycles. The van der Waals surface area contributed by atoms with Crippen molar-refractivity contribution in [1.29, 1.82) is 0 Å². The largest absolute Gasteiger partial charge is 0.478 e. The van der Waals surface area contributed by atoms with Crippen molar-refractivity contribution in [3.63, 3.8) is 0 Å². The summed E-state index contributed by atoms with van der Waals surface area (Å²) >= 11 is 0. The molecule has 2 saturated heterocycles. The third-order valence-electron chi connectivity index (χ3n) is 6.84. The summed E-state index contributed by atoms with van der Waals surface area (Å²) in [5.41, 5.74) is -2.77. The summed E-state index contributed by atoms with van der Waals surface area (Å²) in [5.74, 6) is -1.08. The van der Waals surface area contributed by atoms with Crippen LogP contribution in [-0.2, 0) is 19.0 Å². The van der Waals surface area contributed by atoms with Gasteiger partial charge in [0, 0.05) is 17.9 Å². The highest BCUT2D eigenvalue weighted by Crippen LogP contribution is 2.58. The number of fused-ring (bicyclic) bond motifs is 2. The highest BCUT2D eigenvalue weighted by molar-refractivity contribution is 5.81. The zero-order valence-electron chi connectivity index (χ0n) is 17.8. The number of allylic oxidation sites excluding steroid dienone is 2. The van der Waals surface area contributed by atoms with Crippen molar-refractivity contribution in [2.24, 2.45) is 5.41 Å². The van der Waals surface area contributed by atoms with Gasteiger partial charge in [-0.2, -0.15) is 0 Å². The minimum Gasteiger partial charge on any atom is -0.478 e. The van der Waals surface area contributed by atoms with E-state index in [0.29, 0.717) is 12.0 Å². The molecule has 7 unspecified atom stereocenters. The first-order valence-electron chi connectivity index (χ1n) is 10.3. The third-order valence-corrected chi connectivity index (χ3v) is 6.84. The molecule has 31 heavy (non-hydrogen) atoms. The van der Waals surface area contributed by atoms with E-state index in [1.54, 1.807) is 26.0 Å². The number of carbonyl (C=O) groups is 1. The second kappa shape index (κ2) is 8.53. The van der Waals surface area contributed by atoms with Gasteiger partial charge in [0.2, 0.25) is 0 Å². The van der Waals surface area contributed by atoms with Crippen LogP contribution in [0.2, 0.25) is 0 Å². The molecular formula is C21H32O10. The molecule has 0 amide bonds. The molecule has 10 nitrogen and oxygen atoms in total. The fourth-order valence-electron chi connectivity index (χ4n) is 4.95. The molecule has 2 aliphatic heterocycles. The van der Waals surface area contributed by atoms with Gasteiger partial charge in [0.25, 0.3) is 0 Å². The maximum Gasteiger partial charge on any atom is 0.328 e. The Hall–Kier alpha value is -1.37. The van der Waals surface area contributed by atoms with E-state index in [1.807, 2.05) is 6.92 Å². The second-order valence-corrected chi connectivity index (χ2v) is 9.27. The molecule has 10 heteroatoms. The number of carboxylic acid groups (broad SMARTS) is 1. The van der Waals surface area contributed by atoms with Crippen LogP contribution in [0.15, 0.2) is 23.8 Å². The maximum absolute atomic E-state index is 11.6. The van der Waals surface area contributed by atoms with Gasteiger partial charge in [0.1, 0.15) is 35.6 Å². The average molecular weight is 444 g/mol. The second-order valence-electron chi connectivity index (χ2n) is 9.27. The van der Waals surface area contributed by atoms with Crippen molar-refractivity contribution in [3.05, 3.63) is 23.8 Å². The summed E-state index contributed by atoms with van der Waals surface area (Å²) in [6, 6.07) is 0. The third kappa shape index (κ3) is 4.19. The number of aliphatic hydroxyl groups excluding tert-OH is 4. The van der Waals surface area contributed by atoms with Crippen molar-refractivity contribution in [3.8, 4) is 0 Å². The van der Waals surface area contributed by atoms with Crippen molar-refractivity contribution < 1.29 is 49.6 Å². The van der Waals surface area contributed by atoms with E-state index in [-0.39, 0.29) is 13.0 Å². The van der Waals surface area contributed by atoms with Crippen LogP contribution in [0.5, 0.6) is 0 Å². The van der Waals surface area contributed by atoms with Crippen LogP contribution in [0.1, 0.15) is 33.6 Å². The lowest BCUT2D eigenvalue weighted by atomic mass is 9.59. The van der Waals surface area contributed by atoms with E-state index in [9.17, 15) is 30.3 Å². The number of aliphatic hydroxyl groups is 5. The number of carboxylic acids is 1. The van der Waals surface area contributed by atoms with Gasteiger partial charge in [-0.1, -0.05) is 13.0 Å². The van der Waals surface area contributed by atoms with E-state index in [2.05, 4.69) is 0 Å². The van der Waals surface area contributed by atoms with Crippen LogP contribution in [0.4, 0.5) is 0 Å². The Labute approximate surface area is 180 Å². The molecule has 3 rings (SSSR count). The fourth-order valence-corrected chi connectivity index (χ4v) is 4.95. The molecular weight excluding hydrogens is 412 g/mol. The molecule has 2 bridgehead atoms. The zero-order valence-corrected chi connectivity index (χ0v) is 17.8. The van der Waals surface area contributed by atoms with Crippen LogP contribution in [0.25, 0.3) is 0 Å². The zero-order chi connectivity index (χ0) is 23.2. The van der Waals surface area contributed by atoms with Crippen LogP contribution in [0.3, 0.4) is 0 Å². The molecule has 1 aliphatic carbocycles. The van der Waals surface area contributed by atoms with Gasteiger partial charge >= 0.3 is 5.97 Å². The Morgan fingerprint density at radius 1 is 1.16 bits per heavy atom. The molecule has 3 aliphatic rings. The minimum absolute atomic E-state index is 0.236. The van der Waals surface area contributed by atoms with Gasteiger partial charge in [-0.15, -0.1) is 0 Å². The molecule has 1 saturated carbocycles. The Kier molecular flexibility index (Phi) is 6.68. The Balaban J connectivity index is 1.78. The standard InChI is InChI=1S/C21H32O10/c1-11(6-14(23)24)4-5-21(28)19(2)7-12(8-20(21,3)29-10-19)30-18-17(27)16(26)15(25)13(9-22)31-18/h4-6,12-13,15-18,22,25-28H,7-10H2,1-3H3,(H,23,24)/b5-4+,11-6-/t12-,13?,15?,16?,17?,18?,19?,20?,21-/m0/s1. The van der Waals surface area contributed by atoms with Crippen molar-refractivity contribution >= 4 is 5.97 Å². The molecule has 0 aromatic rings. The SMILES string of the molecule is CC(=C/C(=O)O)/C=C/[C@]1(O)C2(C)COC1(C)C[C@@H](OC1OC(CO)C(O)C(O)C1O)C2. The number of ether oxygens (including phenoxy) is 3. The van der Waals surface area contributed by atoms with Gasteiger partial charge in [0.15, 0.2) is 6.29 Å². The Bertz CT molecular complexity index is 728. The first kappa shape index (κ1) is 24.3. The van der Waals surface area contributed by atoms with E-state index >= 15 is 0 Å². The van der Waals surface area contributed by atoms with Crippen LogP contribution < -0.4 is 0 Å². The summed E-state index contributed by atoms with van der Waals surface area (Å²) < 4.78 is 17.3. The lowest BCUT2D eigenvalue weighted by Gasteiger charge is -2.51. The first-order valence-corrected chi connectivity index (χ1v) is 10.3. The van der Waals surface area contributed by atoms with E-state index < -0.39 is 66.0 Å². The summed E-state index contributed by atoms with van der Waals surface area (Å²) in [7, 11) is 0. The molecule has 0 spiro atoms. The van der Waals surface area contributed by atoms with Crippen LogP contribution in [-0.4, -0.2) is 97.8 Å². The molecule has 0 aromatic carbocycles. The average Bonchev–Trinajstić information content (AvgIpc) is 2.79. The highest BCUT2D eigenvalue weighted by Gasteiger charge is 2.67. The molecule has 6 N–H and O–H groups in total. The smallest absolute Gasteiger partial charge is 0.328 e. The lowest BCUT2D eigenvalue weighted by molar-refractivity contribution is -0.319. The quantitative estimate of drug-likeness (QED) is 0.223. The van der Waals surface area contributed by atoms with Gasteiger partial charge in [-0.25, -0.2) is 4.79 Å². The van der Waals surface area contributed by atoms with Gasteiger partial charge < -0.3 is 44.8 Å². The fraction of sp³-hybridized carbons (Fsp3) is 0.762. The molecule has 3 fully saturated rings. The Morgan fingerprint density at radius 2 is 1.84 bits per heavy atom. The number of hydrogen-bond acceptors (Lipinski definition) is 9. The minimum atomic E-state index is -1.54. The van der Waals surface area contributed by atoms with Gasteiger partial charge in [0.05, 0.1) is 19.3 Å². The molecule has 0 radical (unpaired) electrons. The molecule has 9 atom stereocenters. The summed E-state index contributed by atoms with van der Waals surface area (Å²) in [5, 5.41) is 60.0. The van der Waals surface area contributed by atoms with Crippen molar-refractivity contribution in [2.45, 2.75) is 81.6 Å². The van der Waals surface area contributed by atoms with Crippen LogP contribution >= 0.6 is 0 Å². The number of rotatable bonds is 6. The topological polar surface area (TPSA) is 166 Å². The first-order chi connectivity index (χ1) is 14.4. The summed E-state index contributed by atoms with van der Waals surface area (Å²) in [6.45, 7) is 4.88. The van der Waals surface area contributed by atoms with Crippen molar-refractivity contribution in [1.82, 2.24) is 0 Å². The maximum atomic E-state index is 11.6. The predicted molar refractivity (Wildman–Crippen MR) is 106 cm³/mol. The molecule has 2 heterocycles. The van der Waals surface area contributed by atoms with Crippen LogP contribution in [0, 0.1) is 5.41 Å². The normalized spacial score (nSPS) is 48.3. The van der Waals surface area contributed by atoms with Gasteiger partial charge in [-0.05, 0) is 31.9 Å². The predicted octanol–water partition coefficient (Wildman–Crippen LogP) is -0.921. The highest BCUT2D eigenvalue weighted by atomic mass is 16.7. The van der Waals surface area contributed by atoms with E-state index in [4.69, 9.17) is 19.3 Å². The lowest BCUT2D eigenvalue weighted by Crippen LogP contribution is -2.63. The number of hydrogen-bond donors (Lipinski definition) is 6. The van der Waals surface area contributed by atoms with Gasteiger partial charge in [-0.3, -0.25) is 0 Å². The summed E-state index contributed by atoms with van der Waals surface area (Å²) in [6.07, 6.45) is -2.65. The van der Waals surface area contributed by atoms with E-state index in [0.717, 1.165) is 6.08 Å². The monoisotopic (exact) mass is 444 g/mol. The Morgan fingerprint density at radius 3 is 2.42 bits per heavy atom. The van der Waals surface area contributed by atoms with Crippen molar-refractivity contribution in [2.75, 3.05) is 13.2 Å². The number of aliphatic carboxylic acids is 1.